The normalized spacial score (nSPS) is 17.6. The van der Waals surface area contributed by atoms with E-state index in [1.165, 1.54) is 7.27 Å². The SMILES string of the molecule is B1=NCCO1. The van der Waals surface area contributed by atoms with Crippen LogP contribution in [-0.2, 0) is 4.65 Å². The van der Waals surface area contributed by atoms with Crippen molar-refractivity contribution in [1.82, 2.24) is 0 Å². The van der Waals surface area contributed by atoms with E-state index < -0.39 is 0 Å². The number of hydrogen-bond acceptors (Lipinski definition) is 2. The van der Waals surface area contributed by atoms with Crippen LogP contribution in [0.15, 0.2) is 4.90 Å². The average molecular weight is 68.9 g/mol. The minimum absolute atomic E-state index is 0.778. The summed E-state index contributed by atoms with van der Waals surface area (Å²) in [6, 6.07) is 0. The Morgan fingerprint density at radius 3 is 3.00 bits per heavy atom. The van der Waals surface area contributed by atoms with E-state index >= 15 is 0 Å². The van der Waals surface area contributed by atoms with Gasteiger partial charge in [-0.05, 0) is 0 Å². The predicted octanol–water partition coefficient (Wildman–Crippen LogP) is -0.181. The van der Waals surface area contributed by atoms with E-state index in [9.17, 15) is 0 Å². The van der Waals surface area contributed by atoms with Crippen LogP contribution in [0.2, 0.25) is 0 Å². The summed E-state index contributed by atoms with van der Waals surface area (Å²) < 4.78 is 4.65. The molecule has 0 unspecified atom stereocenters. The molecule has 5 heavy (non-hydrogen) atoms. The van der Waals surface area contributed by atoms with Gasteiger partial charge in [-0.3, -0.25) is 0 Å². The molecule has 26 valence electrons. The minimum atomic E-state index is 0.778. The first kappa shape index (κ1) is 2.88. The summed E-state index contributed by atoms with van der Waals surface area (Å²) in [5.74, 6) is 0. The molecule has 0 spiro atoms. The van der Waals surface area contributed by atoms with Crippen molar-refractivity contribution in [2.75, 3.05) is 13.2 Å². The molecule has 1 heterocycles. The Bertz CT molecular complexity index is 47.6. The molecule has 0 saturated carbocycles. The van der Waals surface area contributed by atoms with Crippen molar-refractivity contribution in [3.8, 4) is 0 Å². The van der Waals surface area contributed by atoms with E-state index in [2.05, 4.69) is 9.55 Å². The van der Waals surface area contributed by atoms with Gasteiger partial charge in [-0.15, -0.1) is 0 Å². The average Bonchev–Trinajstić information content (AvgIpc) is 1.76. The van der Waals surface area contributed by atoms with Crippen LogP contribution in [0.4, 0.5) is 0 Å². The van der Waals surface area contributed by atoms with Crippen LogP contribution in [-0.4, -0.2) is 20.4 Å². The second kappa shape index (κ2) is 1.20. The van der Waals surface area contributed by atoms with Gasteiger partial charge >= 0.3 is 30.0 Å². The van der Waals surface area contributed by atoms with Gasteiger partial charge in [0.1, 0.15) is 0 Å². The van der Waals surface area contributed by atoms with Crippen LogP contribution >= 0.6 is 0 Å². The molecule has 0 aromatic rings. The monoisotopic (exact) mass is 69.0 g/mol. The van der Waals surface area contributed by atoms with Gasteiger partial charge in [0, 0.05) is 0 Å². The molecule has 1 aliphatic heterocycles. The summed E-state index contributed by atoms with van der Waals surface area (Å²) in [7, 11) is 1.49. The number of nitrogens with zero attached hydrogens (tertiary/aromatic N) is 1. The molecule has 0 amide bonds. The fourth-order valence-electron chi connectivity index (χ4n) is 0.264. The first-order chi connectivity index (χ1) is 2.50. The van der Waals surface area contributed by atoms with Gasteiger partial charge in [0.2, 0.25) is 0 Å². The predicted molar refractivity (Wildman–Crippen MR) is 19.0 cm³/mol. The Kier molecular flexibility index (Phi) is 0.689. The van der Waals surface area contributed by atoms with E-state index in [-0.39, 0.29) is 0 Å². The second-order valence-corrected chi connectivity index (χ2v) is 0.882. The molecule has 0 aromatic carbocycles. The molecule has 0 N–H and O–H groups in total. The Morgan fingerprint density at radius 1 is 1.80 bits per heavy atom. The molecule has 0 radical (unpaired) electrons. The standard InChI is InChI=1S/C2H4BNO/c1-2-5-3-4-1/h1-2H2. The van der Waals surface area contributed by atoms with Crippen molar-refractivity contribution in [3.05, 3.63) is 0 Å². The summed E-state index contributed by atoms with van der Waals surface area (Å²) in [5.41, 5.74) is 0. The third kappa shape index (κ3) is 0.467. The van der Waals surface area contributed by atoms with Gasteiger partial charge in [-0.1, -0.05) is 0 Å². The van der Waals surface area contributed by atoms with Crippen LogP contribution in [0.25, 0.3) is 0 Å². The van der Waals surface area contributed by atoms with E-state index in [4.69, 9.17) is 0 Å². The maximum absolute atomic E-state index is 4.65. The first-order valence-corrected chi connectivity index (χ1v) is 1.60. The molecule has 0 bridgehead atoms. The topological polar surface area (TPSA) is 21.6 Å². The zero-order valence-electron chi connectivity index (χ0n) is 2.85. The van der Waals surface area contributed by atoms with Gasteiger partial charge in [0.25, 0.3) is 0 Å². The van der Waals surface area contributed by atoms with E-state index in [1.807, 2.05) is 0 Å². The second-order valence-electron chi connectivity index (χ2n) is 0.882. The van der Waals surface area contributed by atoms with Crippen LogP contribution in [0, 0.1) is 0 Å². The molecule has 0 fully saturated rings. The number of hydrogen-bond donors (Lipinski definition) is 0. The third-order valence-corrected chi connectivity index (χ3v) is 0.487. The van der Waals surface area contributed by atoms with Gasteiger partial charge in [-0.25, -0.2) is 0 Å². The van der Waals surface area contributed by atoms with Crippen molar-refractivity contribution in [2.45, 2.75) is 0 Å². The first-order valence-electron chi connectivity index (χ1n) is 1.60. The zero-order chi connectivity index (χ0) is 3.54. The molecule has 1 rings (SSSR count). The summed E-state index contributed by atoms with van der Waals surface area (Å²) in [6.45, 7) is 1.62. The molecule has 0 saturated heterocycles. The van der Waals surface area contributed by atoms with Crippen LogP contribution in [0.5, 0.6) is 0 Å². The van der Waals surface area contributed by atoms with Crippen molar-refractivity contribution in [2.24, 2.45) is 4.90 Å². The van der Waals surface area contributed by atoms with Crippen LogP contribution < -0.4 is 0 Å². The van der Waals surface area contributed by atoms with Gasteiger partial charge in [-0.2, -0.15) is 0 Å². The van der Waals surface area contributed by atoms with Crippen LogP contribution in [0.1, 0.15) is 0 Å². The fraction of sp³-hybridized carbons (Fsp3) is 1.00. The van der Waals surface area contributed by atoms with Crippen molar-refractivity contribution in [3.63, 3.8) is 0 Å². The molecule has 2 nitrogen and oxygen atoms in total. The molecule has 1 aliphatic rings. The van der Waals surface area contributed by atoms with E-state index in [0.29, 0.717) is 0 Å². The molecule has 0 aromatic heterocycles. The van der Waals surface area contributed by atoms with Crippen molar-refractivity contribution >= 4 is 7.27 Å². The Balaban J connectivity index is 2.32. The number of rotatable bonds is 0. The fourth-order valence-corrected chi connectivity index (χ4v) is 0.264. The quantitative estimate of drug-likeness (QED) is 0.361. The van der Waals surface area contributed by atoms with Crippen molar-refractivity contribution < 1.29 is 4.65 Å². The van der Waals surface area contributed by atoms with Gasteiger partial charge in [0.05, 0.1) is 0 Å². The van der Waals surface area contributed by atoms with Gasteiger partial charge in [0.15, 0.2) is 0 Å². The summed E-state index contributed by atoms with van der Waals surface area (Å²) in [6.07, 6.45) is 0. The summed E-state index contributed by atoms with van der Waals surface area (Å²) >= 11 is 0. The summed E-state index contributed by atoms with van der Waals surface area (Å²) in [5, 5.41) is 0. The Hall–Kier alpha value is -0.335. The Labute approximate surface area is 31.1 Å². The summed E-state index contributed by atoms with van der Waals surface area (Å²) in [4.78, 5) is 3.74. The third-order valence-electron chi connectivity index (χ3n) is 0.487. The maximum atomic E-state index is 4.65. The molecule has 0 aliphatic carbocycles. The Morgan fingerprint density at radius 2 is 2.80 bits per heavy atom. The molecular formula is C2H4BNO. The van der Waals surface area contributed by atoms with E-state index in [1.54, 1.807) is 0 Å². The van der Waals surface area contributed by atoms with Crippen molar-refractivity contribution in [1.29, 1.82) is 0 Å². The van der Waals surface area contributed by atoms with Gasteiger partial charge < -0.3 is 0 Å². The zero-order valence-corrected chi connectivity index (χ0v) is 2.85. The molecule has 0 atom stereocenters. The van der Waals surface area contributed by atoms with Crippen LogP contribution in [0.3, 0.4) is 0 Å². The molecular weight excluding hydrogens is 64.8 g/mol. The molecule has 3 heteroatoms. The van der Waals surface area contributed by atoms with E-state index in [0.717, 1.165) is 13.2 Å².